The number of hydrogen-bond acceptors (Lipinski definition) is 5. The topological polar surface area (TPSA) is 81.7 Å². The second-order valence-corrected chi connectivity index (χ2v) is 5.95. The molecule has 6 nitrogen and oxygen atoms in total. The van der Waals surface area contributed by atoms with E-state index in [1.807, 2.05) is 44.2 Å². The van der Waals surface area contributed by atoms with Gasteiger partial charge in [-0.25, -0.2) is 14.6 Å². The average molecular weight is 330 g/mol. The molecule has 2 heterocycles. The summed E-state index contributed by atoms with van der Waals surface area (Å²) in [4.78, 5) is 8.63. The Morgan fingerprint density at radius 1 is 1.00 bits per heavy atom. The average Bonchev–Trinajstić information content (AvgIpc) is 2.95. The SMILES string of the molecule is Cc1cc(C)n(-c2ncnc(Nc3cccc4ccccc34)c2N)n1. The highest BCUT2D eigenvalue weighted by atomic mass is 15.3. The molecule has 0 saturated carbocycles. The molecular formula is C19H18N6. The van der Waals surface area contributed by atoms with Crippen LogP contribution in [0.1, 0.15) is 11.4 Å². The Morgan fingerprint density at radius 2 is 1.80 bits per heavy atom. The molecule has 0 fully saturated rings. The Morgan fingerprint density at radius 3 is 2.60 bits per heavy atom. The molecular weight excluding hydrogens is 312 g/mol. The lowest BCUT2D eigenvalue weighted by Crippen LogP contribution is -2.09. The minimum atomic E-state index is 0.460. The first-order valence-corrected chi connectivity index (χ1v) is 8.02. The fourth-order valence-electron chi connectivity index (χ4n) is 2.96. The normalized spacial score (nSPS) is 11.0. The van der Waals surface area contributed by atoms with E-state index in [9.17, 15) is 0 Å². The van der Waals surface area contributed by atoms with Crippen molar-refractivity contribution in [3.05, 3.63) is 66.2 Å². The summed E-state index contributed by atoms with van der Waals surface area (Å²) in [5.74, 6) is 1.14. The van der Waals surface area contributed by atoms with E-state index in [1.54, 1.807) is 4.68 Å². The minimum absolute atomic E-state index is 0.460. The van der Waals surface area contributed by atoms with Crippen LogP contribution in [0.3, 0.4) is 0 Å². The number of aryl methyl sites for hydroxylation is 2. The lowest BCUT2D eigenvalue weighted by molar-refractivity contribution is 0.804. The van der Waals surface area contributed by atoms with Crippen molar-refractivity contribution in [1.82, 2.24) is 19.7 Å². The quantitative estimate of drug-likeness (QED) is 0.598. The Hall–Kier alpha value is -3.41. The maximum Gasteiger partial charge on any atom is 0.182 e. The first kappa shape index (κ1) is 15.1. The maximum atomic E-state index is 6.34. The van der Waals surface area contributed by atoms with Crippen molar-refractivity contribution in [3.8, 4) is 5.82 Å². The molecule has 0 aliphatic rings. The highest BCUT2D eigenvalue weighted by Crippen LogP contribution is 2.29. The summed E-state index contributed by atoms with van der Waals surface area (Å²) >= 11 is 0. The summed E-state index contributed by atoms with van der Waals surface area (Å²) in [5.41, 5.74) is 9.63. The Balaban J connectivity index is 1.79. The standard InChI is InChI=1S/C19H18N6/c1-12-10-13(2)25(24-12)19-17(20)18(21-11-22-19)23-16-9-5-7-14-6-3-4-8-15(14)16/h3-11H,20H2,1-2H3,(H,21,22,23). The number of rotatable bonds is 3. The van der Waals surface area contributed by atoms with Gasteiger partial charge >= 0.3 is 0 Å². The molecule has 0 spiro atoms. The van der Waals surface area contributed by atoms with Crippen LogP contribution in [0.4, 0.5) is 17.2 Å². The molecule has 0 unspecified atom stereocenters. The molecule has 0 radical (unpaired) electrons. The predicted octanol–water partition coefficient (Wildman–Crippen LogP) is 3.76. The van der Waals surface area contributed by atoms with Crippen LogP contribution < -0.4 is 11.1 Å². The van der Waals surface area contributed by atoms with Gasteiger partial charge in [-0.15, -0.1) is 0 Å². The second kappa shape index (κ2) is 5.90. The molecule has 0 saturated heterocycles. The third-order valence-electron chi connectivity index (χ3n) is 4.12. The van der Waals surface area contributed by atoms with Crippen molar-refractivity contribution < 1.29 is 0 Å². The number of nitrogen functional groups attached to an aromatic ring is 1. The zero-order valence-electron chi connectivity index (χ0n) is 14.1. The van der Waals surface area contributed by atoms with E-state index in [0.717, 1.165) is 27.8 Å². The van der Waals surface area contributed by atoms with Gasteiger partial charge in [0, 0.05) is 16.8 Å². The van der Waals surface area contributed by atoms with Gasteiger partial charge in [0.25, 0.3) is 0 Å². The van der Waals surface area contributed by atoms with E-state index < -0.39 is 0 Å². The third-order valence-corrected chi connectivity index (χ3v) is 4.12. The van der Waals surface area contributed by atoms with Crippen molar-refractivity contribution in [2.45, 2.75) is 13.8 Å². The molecule has 2 aromatic carbocycles. The maximum absolute atomic E-state index is 6.34. The summed E-state index contributed by atoms with van der Waals surface area (Å²) in [5, 5.41) is 10.1. The molecule has 2 aromatic heterocycles. The second-order valence-electron chi connectivity index (χ2n) is 5.95. The van der Waals surface area contributed by atoms with Crippen LogP contribution in [0, 0.1) is 13.8 Å². The number of aromatic nitrogens is 4. The van der Waals surface area contributed by atoms with Gasteiger partial charge in [-0.3, -0.25) is 0 Å². The molecule has 0 aliphatic heterocycles. The van der Waals surface area contributed by atoms with Crippen molar-refractivity contribution in [3.63, 3.8) is 0 Å². The Kier molecular flexibility index (Phi) is 3.57. The van der Waals surface area contributed by atoms with E-state index in [0.29, 0.717) is 17.3 Å². The molecule has 0 amide bonds. The van der Waals surface area contributed by atoms with E-state index >= 15 is 0 Å². The Labute approximate surface area is 145 Å². The van der Waals surface area contributed by atoms with Gasteiger partial charge in [-0.1, -0.05) is 36.4 Å². The number of hydrogen-bond donors (Lipinski definition) is 2. The van der Waals surface area contributed by atoms with Crippen molar-refractivity contribution in [2.24, 2.45) is 0 Å². The molecule has 0 bridgehead atoms. The molecule has 4 aromatic rings. The zero-order valence-corrected chi connectivity index (χ0v) is 14.1. The summed E-state index contributed by atoms with van der Waals surface area (Å²) in [6, 6.07) is 16.2. The van der Waals surface area contributed by atoms with E-state index in [-0.39, 0.29) is 0 Å². The van der Waals surface area contributed by atoms with Crippen LogP contribution in [0.15, 0.2) is 54.9 Å². The fraction of sp³-hybridized carbons (Fsp3) is 0.105. The summed E-state index contributed by atoms with van der Waals surface area (Å²) in [7, 11) is 0. The molecule has 124 valence electrons. The van der Waals surface area contributed by atoms with Crippen LogP contribution in [-0.4, -0.2) is 19.7 Å². The number of nitrogens with zero attached hydrogens (tertiary/aromatic N) is 4. The van der Waals surface area contributed by atoms with Crippen molar-refractivity contribution in [1.29, 1.82) is 0 Å². The highest BCUT2D eigenvalue weighted by Gasteiger charge is 2.14. The van der Waals surface area contributed by atoms with E-state index in [4.69, 9.17) is 5.73 Å². The molecule has 4 rings (SSSR count). The van der Waals surface area contributed by atoms with Gasteiger partial charge in [0.1, 0.15) is 12.0 Å². The van der Waals surface area contributed by atoms with E-state index in [1.165, 1.54) is 6.33 Å². The van der Waals surface area contributed by atoms with Gasteiger partial charge in [0.15, 0.2) is 11.6 Å². The van der Waals surface area contributed by atoms with E-state index in [2.05, 4.69) is 38.6 Å². The fourth-order valence-corrected chi connectivity index (χ4v) is 2.96. The summed E-state index contributed by atoms with van der Waals surface area (Å²) in [6.45, 7) is 3.91. The number of fused-ring (bicyclic) bond motifs is 1. The Bertz CT molecular complexity index is 1060. The molecule has 0 atom stereocenters. The predicted molar refractivity (Wildman–Crippen MR) is 100 cm³/mol. The molecule has 0 aliphatic carbocycles. The molecule has 6 heteroatoms. The first-order chi connectivity index (χ1) is 12.1. The van der Waals surface area contributed by atoms with Gasteiger partial charge < -0.3 is 11.1 Å². The number of nitrogens with one attached hydrogen (secondary N) is 1. The lowest BCUT2D eigenvalue weighted by Gasteiger charge is -2.13. The first-order valence-electron chi connectivity index (χ1n) is 8.02. The third kappa shape index (κ3) is 2.67. The van der Waals surface area contributed by atoms with Crippen LogP contribution >= 0.6 is 0 Å². The molecule has 25 heavy (non-hydrogen) atoms. The van der Waals surface area contributed by atoms with Gasteiger partial charge in [0.2, 0.25) is 0 Å². The van der Waals surface area contributed by atoms with Gasteiger partial charge in [-0.05, 0) is 31.4 Å². The number of anilines is 3. The van der Waals surface area contributed by atoms with Gasteiger partial charge in [0.05, 0.1) is 5.69 Å². The minimum Gasteiger partial charge on any atom is -0.393 e. The van der Waals surface area contributed by atoms with Crippen LogP contribution in [0.2, 0.25) is 0 Å². The van der Waals surface area contributed by atoms with Crippen molar-refractivity contribution in [2.75, 3.05) is 11.1 Å². The van der Waals surface area contributed by atoms with Gasteiger partial charge in [-0.2, -0.15) is 5.10 Å². The lowest BCUT2D eigenvalue weighted by atomic mass is 10.1. The van der Waals surface area contributed by atoms with Crippen LogP contribution in [0.25, 0.3) is 16.6 Å². The summed E-state index contributed by atoms with van der Waals surface area (Å²) in [6.07, 6.45) is 1.50. The van der Waals surface area contributed by atoms with Crippen LogP contribution in [-0.2, 0) is 0 Å². The monoisotopic (exact) mass is 330 g/mol. The zero-order chi connectivity index (χ0) is 17.4. The largest absolute Gasteiger partial charge is 0.393 e. The number of benzene rings is 2. The summed E-state index contributed by atoms with van der Waals surface area (Å²) < 4.78 is 1.74. The molecule has 3 N–H and O–H groups in total. The van der Waals surface area contributed by atoms with Crippen LogP contribution in [0.5, 0.6) is 0 Å². The van der Waals surface area contributed by atoms with Crippen molar-refractivity contribution >= 4 is 28.0 Å². The highest BCUT2D eigenvalue weighted by molar-refractivity contribution is 5.96. The smallest absolute Gasteiger partial charge is 0.182 e. The number of nitrogens with two attached hydrogens (primary N) is 1.